The molecular formula is C16H23NO3. The molecule has 110 valence electrons. The fourth-order valence-electron chi connectivity index (χ4n) is 1.69. The Labute approximate surface area is 120 Å². The van der Waals surface area contributed by atoms with Gasteiger partial charge in [0.05, 0.1) is 13.7 Å². The molecule has 0 bridgehead atoms. The van der Waals surface area contributed by atoms with Gasteiger partial charge < -0.3 is 14.8 Å². The maximum absolute atomic E-state index is 12.0. The van der Waals surface area contributed by atoms with Gasteiger partial charge in [-0.25, -0.2) is 4.79 Å². The molecule has 0 aromatic heterocycles. The molecule has 0 unspecified atom stereocenters. The van der Waals surface area contributed by atoms with Crippen LogP contribution in [-0.2, 0) is 9.53 Å². The fourth-order valence-corrected chi connectivity index (χ4v) is 1.69. The Morgan fingerprint density at radius 2 is 2.10 bits per heavy atom. The summed E-state index contributed by atoms with van der Waals surface area (Å²) in [5.41, 5.74) is 0.852. The molecule has 1 aromatic rings. The highest BCUT2D eigenvalue weighted by atomic mass is 16.5. The Bertz CT molecular complexity index is 414. The summed E-state index contributed by atoms with van der Waals surface area (Å²) in [6, 6.07) is 7.02. The molecule has 0 saturated heterocycles. The largest absolute Gasteiger partial charge is 0.497 e. The third kappa shape index (κ3) is 5.34. The lowest BCUT2D eigenvalue weighted by Gasteiger charge is -2.17. The van der Waals surface area contributed by atoms with Gasteiger partial charge in [-0.2, -0.15) is 0 Å². The molecule has 0 aliphatic carbocycles. The van der Waals surface area contributed by atoms with Gasteiger partial charge in [0.25, 0.3) is 0 Å². The van der Waals surface area contributed by atoms with Gasteiger partial charge in [0.2, 0.25) is 0 Å². The van der Waals surface area contributed by atoms with E-state index in [9.17, 15) is 4.79 Å². The molecule has 0 fully saturated rings. The monoisotopic (exact) mass is 277 g/mol. The average Bonchev–Trinajstić information content (AvgIpc) is 2.47. The quantitative estimate of drug-likeness (QED) is 0.427. The fraction of sp³-hybridized carbons (Fsp3) is 0.438. The molecule has 1 N–H and O–H groups in total. The van der Waals surface area contributed by atoms with Crippen LogP contribution in [0.2, 0.25) is 0 Å². The molecule has 4 heteroatoms. The van der Waals surface area contributed by atoms with Crippen molar-refractivity contribution in [2.75, 3.05) is 19.0 Å². The Balaban J connectivity index is 2.60. The Morgan fingerprint density at radius 3 is 2.65 bits per heavy atom. The number of ether oxygens (including phenoxy) is 2. The lowest BCUT2D eigenvalue weighted by atomic mass is 10.2. The van der Waals surface area contributed by atoms with Crippen LogP contribution in [0.5, 0.6) is 5.75 Å². The minimum absolute atomic E-state index is 0.242. The number of nitrogens with one attached hydrogen (secondary N) is 1. The van der Waals surface area contributed by atoms with Gasteiger partial charge in [-0.05, 0) is 37.1 Å². The molecule has 0 radical (unpaired) electrons. The summed E-state index contributed by atoms with van der Waals surface area (Å²) in [7, 11) is 1.62. The lowest BCUT2D eigenvalue weighted by molar-refractivity contribution is -0.144. The second kappa shape index (κ2) is 9.02. The zero-order valence-corrected chi connectivity index (χ0v) is 12.2. The van der Waals surface area contributed by atoms with E-state index in [4.69, 9.17) is 9.47 Å². The molecule has 1 aromatic carbocycles. The van der Waals surface area contributed by atoms with Crippen LogP contribution < -0.4 is 10.1 Å². The van der Waals surface area contributed by atoms with E-state index in [1.54, 1.807) is 13.2 Å². The van der Waals surface area contributed by atoms with Gasteiger partial charge in [0, 0.05) is 5.69 Å². The minimum atomic E-state index is -0.405. The highest BCUT2D eigenvalue weighted by Gasteiger charge is 2.18. The van der Waals surface area contributed by atoms with Crippen molar-refractivity contribution in [3.63, 3.8) is 0 Å². The topological polar surface area (TPSA) is 47.6 Å². The maximum atomic E-state index is 12.0. The van der Waals surface area contributed by atoms with Crippen molar-refractivity contribution in [2.45, 2.75) is 32.2 Å². The molecule has 20 heavy (non-hydrogen) atoms. The Morgan fingerprint density at radius 1 is 1.40 bits per heavy atom. The van der Waals surface area contributed by atoms with Gasteiger partial charge in [-0.1, -0.05) is 19.4 Å². The van der Waals surface area contributed by atoms with Crippen molar-refractivity contribution in [1.82, 2.24) is 0 Å². The van der Waals surface area contributed by atoms with Crippen LogP contribution in [0.3, 0.4) is 0 Å². The summed E-state index contributed by atoms with van der Waals surface area (Å²) >= 11 is 0. The number of anilines is 1. The molecule has 1 rings (SSSR count). The number of hydrogen-bond donors (Lipinski definition) is 1. The van der Waals surface area contributed by atoms with Gasteiger partial charge in [0.15, 0.2) is 0 Å². The minimum Gasteiger partial charge on any atom is -0.497 e. The number of unbranched alkanes of at least 4 members (excludes halogenated alkanes) is 1. The third-order valence-corrected chi connectivity index (χ3v) is 2.86. The number of carbonyl (C=O) groups is 1. The van der Waals surface area contributed by atoms with Crippen LogP contribution in [0.25, 0.3) is 0 Å². The molecule has 0 aliphatic heterocycles. The number of esters is 1. The highest BCUT2D eigenvalue weighted by Crippen LogP contribution is 2.17. The SMILES string of the molecule is C=CC[C@H](Nc1ccc(OC)cc1)C(=O)OCCCC. The predicted octanol–water partition coefficient (Wildman–Crippen LogP) is 3.40. The molecule has 1 atom stereocenters. The first kappa shape index (κ1) is 16.1. The highest BCUT2D eigenvalue weighted by molar-refractivity contribution is 5.79. The van der Waals surface area contributed by atoms with Gasteiger partial charge in [0.1, 0.15) is 11.8 Å². The summed E-state index contributed by atoms with van der Waals surface area (Å²) in [5, 5.41) is 3.16. The lowest BCUT2D eigenvalue weighted by Crippen LogP contribution is -2.31. The van der Waals surface area contributed by atoms with E-state index in [-0.39, 0.29) is 5.97 Å². The van der Waals surface area contributed by atoms with E-state index < -0.39 is 6.04 Å². The molecule has 0 saturated carbocycles. The average molecular weight is 277 g/mol. The molecule has 0 heterocycles. The van der Waals surface area contributed by atoms with Crippen molar-refractivity contribution in [1.29, 1.82) is 0 Å². The molecule has 4 nitrogen and oxygen atoms in total. The summed E-state index contributed by atoms with van der Waals surface area (Å²) in [6.07, 6.45) is 4.12. The van der Waals surface area contributed by atoms with Crippen molar-refractivity contribution in [2.24, 2.45) is 0 Å². The molecule has 0 spiro atoms. The standard InChI is InChI=1S/C16H23NO3/c1-4-6-12-20-16(18)15(7-5-2)17-13-8-10-14(19-3)11-9-13/h5,8-11,15,17H,2,4,6-7,12H2,1,3H3/t15-/m0/s1. The summed E-state index contributed by atoms with van der Waals surface area (Å²) in [5.74, 6) is 0.538. The van der Waals surface area contributed by atoms with Crippen molar-refractivity contribution >= 4 is 11.7 Å². The number of rotatable bonds is 9. The zero-order valence-electron chi connectivity index (χ0n) is 12.2. The smallest absolute Gasteiger partial charge is 0.328 e. The van der Waals surface area contributed by atoms with Crippen LogP contribution in [-0.4, -0.2) is 25.7 Å². The summed E-state index contributed by atoms with van der Waals surface area (Å²) in [6.45, 7) is 6.21. The number of methoxy groups -OCH3 is 1. The van der Waals surface area contributed by atoms with E-state index in [1.165, 1.54) is 0 Å². The Kier molecular flexibility index (Phi) is 7.25. The predicted molar refractivity (Wildman–Crippen MR) is 81.1 cm³/mol. The zero-order chi connectivity index (χ0) is 14.8. The maximum Gasteiger partial charge on any atom is 0.328 e. The van der Waals surface area contributed by atoms with E-state index in [1.807, 2.05) is 24.3 Å². The molecule has 0 aliphatic rings. The number of benzene rings is 1. The number of hydrogen-bond acceptors (Lipinski definition) is 4. The van der Waals surface area contributed by atoms with Crippen LogP contribution >= 0.6 is 0 Å². The van der Waals surface area contributed by atoms with E-state index >= 15 is 0 Å². The molecule has 0 amide bonds. The van der Waals surface area contributed by atoms with E-state index in [0.29, 0.717) is 13.0 Å². The summed E-state index contributed by atoms with van der Waals surface area (Å²) < 4.78 is 10.3. The normalized spacial score (nSPS) is 11.5. The van der Waals surface area contributed by atoms with Gasteiger partial charge >= 0.3 is 5.97 Å². The summed E-state index contributed by atoms with van der Waals surface area (Å²) in [4.78, 5) is 12.0. The van der Waals surface area contributed by atoms with Crippen LogP contribution in [0.1, 0.15) is 26.2 Å². The van der Waals surface area contributed by atoms with Crippen molar-refractivity contribution in [3.8, 4) is 5.75 Å². The first-order chi connectivity index (χ1) is 9.71. The molecular weight excluding hydrogens is 254 g/mol. The van der Waals surface area contributed by atoms with E-state index in [0.717, 1.165) is 24.3 Å². The second-order valence-corrected chi connectivity index (χ2v) is 4.47. The Hall–Kier alpha value is -1.97. The first-order valence-corrected chi connectivity index (χ1v) is 6.89. The van der Waals surface area contributed by atoms with E-state index in [2.05, 4.69) is 18.8 Å². The van der Waals surface area contributed by atoms with Crippen LogP contribution in [0.15, 0.2) is 36.9 Å². The van der Waals surface area contributed by atoms with Crippen molar-refractivity contribution < 1.29 is 14.3 Å². The van der Waals surface area contributed by atoms with Crippen LogP contribution in [0, 0.1) is 0 Å². The second-order valence-electron chi connectivity index (χ2n) is 4.47. The van der Waals surface area contributed by atoms with Crippen LogP contribution in [0.4, 0.5) is 5.69 Å². The van der Waals surface area contributed by atoms with Crippen molar-refractivity contribution in [3.05, 3.63) is 36.9 Å². The van der Waals surface area contributed by atoms with Gasteiger partial charge in [-0.3, -0.25) is 0 Å². The third-order valence-electron chi connectivity index (χ3n) is 2.86. The first-order valence-electron chi connectivity index (χ1n) is 6.89. The van der Waals surface area contributed by atoms with Gasteiger partial charge in [-0.15, -0.1) is 6.58 Å². The number of carbonyl (C=O) groups excluding carboxylic acids is 1.